The van der Waals surface area contributed by atoms with Gasteiger partial charge in [0.15, 0.2) is 6.61 Å². The van der Waals surface area contributed by atoms with Gasteiger partial charge >= 0.3 is 0 Å². The third-order valence-corrected chi connectivity index (χ3v) is 4.32. The summed E-state index contributed by atoms with van der Waals surface area (Å²) in [6, 6.07) is 7.83. The first-order valence-electron chi connectivity index (χ1n) is 8.16. The second kappa shape index (κ2) is 8.06. The lowest BCUT2D eigenvalue weighted by atomic mass is 9.89. The fraction of sp³-hybridized carbons (Fsp3) is 0.611. The summed E-state index contributed by atoms with van der Waals surface area (Å²) in [7, 11) is 0. The largest absolute Gasteiger partial charge is 0.484 e. The first-order chi connectivity index (χ1) is 10.2. The second-order valence-electron chi connectivity index (χ2n) is 6.04. The zero-order valence-corrected chi connectivity index (χ0v) is 13.3. The highest BCUT2D eigenvalue weighted by Crippen LogP contribution is 2.24. The lowest BCUT2D eigenvalue weighted by molar-refractivity contribution is -0.134. The molecular weight excluding hydrogens is 262 g/mol. The zero-order valence-electron chi connectivity index (χ0n) is 13.3. The summed E-state index contributed by atoms with van der Waals surface area (Å²) in [6.45, 7) is 5.90. The van der Waals surface area contributed by atoms with Crippen LogP contribution in [0.2, 0.25) is 0 Å². The van der Waals surface area contributed by atoms with Gasteiger partial charge in [-0.3, -0.25) is 4.79 Å². The third-order valence-electron chi connectivity index (χ3n) is 4.32. The van der Waals surface area contributed by atoms with Crippen LogP contribution in [-0.4, -0.2) is 30.5 Å². The molecule has 1 saturated carbocycles. The van der Waals surface area contributed by atoms with Crippen molar-refractivity contribution in [3.05, 3.63) is 29.8 Å². The van der Waals surface area contributed by atoms with Gasteiger partial charge in [-0.15, -0.1) is 0 Å². The minimum atomic E-state index is 0.101. The summed E-state index contributed by atoms with van der Waals surface area (Å²) in [5.74, 6) is 1.55. The summed E-state index contributed by atoms with van der Waals surface area (Å²) in [4.78, 5) is 14.2. The van der Waals surface area contributed by atoms with Crippen molar-refractivity contribution >= 4 is 5.91 Å². The molecule has 1 amide bonds. The van der Waals surface area contributed by atoms with Gasteiger partial charge in [-0.2, -0.15) is 0 Å². The molecule has 2 rings (SSSR count). The Hall–Kier alpha value is -1.51. The van der Waals surface area contributed by atoms with Crippen LogP contribution in [0, 0.1) is 12.8 Å². The van der Waals surface area contributed by atoms with Gasteiger partial charge in [0.1, 0.15) is 5.75 Å². The van der Waals surface area contributed by atoms with E-state index in [1.807, 2.05) is 43.0 Å². The molecule has 3 nitrogen and oxygen atoms in total. The first kappa shape index (κ1) is 15.9. The quantitative estimate of drug-likeness (QED) is 0.797. The van der Waals surface area contributed by atoms with E-state index in [0.717, 1.165) is 18.8 Å². The first-order valence-corrected chi connectivity index (χ1v) is 8.16. The Kier molecular flexibility index (Phi) is 6.09. The molecule has 1 aliphatic rings. The maximum Gasteiger partial charge on any atom is 0.260 e. The number of carbonyl (C=O) groups is 1. The minimum absolute atomic E-state index is 0.101. The van der Waals surface area contributed by atoms with Crippen LogP contribution in [0.5, 0.6) is 5.75 Å². The molecule has 0 radical (unpaired) electrons. The highest BCUT2D eigenvalue weighted by Gasteiger charge is 2.20. The van der Waals surface area contributed by atoms with Gasteiger partial charge in [0, 0.05) is 13.1 Å². The van der Waals surface area contributed by atoms with Gasteiger partial charge in [-0.1, -0.05) is 37.0 Å². The van der Waals surface area contributed by atoms with E-state index >= 15 is 0 Å². The summed E-state index contributed by atoms with van der Waals surface area (Å²) >= 11 is 0. The zero-order chi connectivity index (χ0) is 15.1. The Morgan fingerprint density at radius 3 is 2.48 bits per heavy atom. The molecule has 0 heterocycles. The standard InChI is InChI=1S/C18H27NO2/c1-3-19(13-16-7-5-4-6-8-16)18(20)14-21-17-11-9-15(2)10-12-17/h9-12,16H,3-8,13-14H2,1-2H3. The average molecular weight is 289 g/mol. The Morgan fingerprint density at radius 2 is 1.86 bits per heavy atom. The van der Waals surface area contributed by atoms with Crippen molar-refractivity contribution in [3.8, 4) is 5.75 Å². The SMILES string of the molecule is CCN(CC1CCCCC1)C(=O)COc1ccc(C)cc1. The number of aryl methyl sites for hydroxylation is 1. The van der Waals surface area contributed by atoms with Crippen molar-refractivity contribution in [1.29, 1.82) is 0 Å². The van der Waals surface area contributed by atoms with Crippen molar-refractivity contribution in [3.63, 3.8) is 0 Å². The Morgan fingerprint density at radius 1 is 1.19 bits per heavy atom. The van der Waals surface area contributed by atoms with Crippen LogP contribution >= 0.6 is 0 Å². The molecule has 21 heavy (non-hydrogen) atoms. The van der Waals surface area contributed by atoms with E-state index in [1.165, 1.54) is 37.7 Å². The number of hydrogen-bond acceptors (Lipinski definition) is 2. The molecule has 1 aromatic carbocycles. The molecule has 0 saturated heterocycles. The number of amides is 1. The number of carbonyl (C=O) groups excluding carboxylic acids is 1. The molecule has 0 aromatic heterocycles. The summed E-state index contributed by atoms with van der Waals surface area (Å²) in [5.41, 5.74) is 1.20. The lowest BCUT2D eigenvalue weighted by Crippen LogP contribution is -2.38. The molecule has 116 valence electrons. The van der Waals surface area contributed by atoms with E-state index in [1.54, 1.807) is 0 Å². The lowest BCUT2D eigenvalue weighted by Gasteiger charge is -2.29. The number of nitrogens with zero attached hydrogens (tertiary/aromatic N) is 1. The van der Waals surface area contributed by atoms with Crippen molar-refractivity contribution < 1.29 is 9.53 Å². The number of likely N-dealkylation sites (N-methyl/N-ethyl adjacent to an activating group) is 1. The minimum Gasteiger partial charge on any atom is -0.484 e. The van der Waals surface area contributed by atoms with Crippen molar-refractivity contribution in [2.75, 3.05) is 19.7 Å². The molecule has 0 aliphatic heterocycles. The van der Waals surface area contributed by atoms with Gasteiger partial charge < -0.3 is 9.64 Å². The highest BCUT2D eigenvalue weighted by molar-refractivity contribution is 5.77. The maximum atomic E-state index is 12.3. The molecule has 0 bridgehead atoms. The van der Waals surface area contributed by atoms with E-state index in [-0.39, 0.29) is 12.5 Å². The van der Waals surface area contributed by atoms with E-state index in [2.05, 4.69) is 0 Å². The molecule has 1 aromatic rings. The molecule has 3 heteroatoms. The Bertz CT molecular complexity index is 435. The smallest absolute Gasteiger partial charge is 0.260 e. The van der Waals surface area contributed by atoms with Crippen LogP contribution < -0.4 is 4.74 Å². The number of benzene rings is 1. The summed E-state index contributed by atoms with van der Waals surface area (Å²) in [6.07, 6.45) is 6.52. The van der Waals surface area contributed by atoms with Gasteiger partial charge in [0.25, 0.3) is 5.91 Å². The molecule has 0 atom stereocenters. The van der Waals surface area contributed by atoms with E-state index < -0.39 is 0 Å². The topological polar surface area (TPSA) is 29.5 Å². The molecule has 0 unspecified atom stereocenters. The second-order valence-corrected chi connectivity index (χ2v) is 6.04. The van der Waals surface area contributed by atoms with Crippen LogP contribution in [-0.2, 0) is 4.79 Å². The van der Waals surface area contributed by atoms with Crippen LogP contribution in [0.3, 0.4) is 0 Å². The molecule has 1 fully saturated rings. The van der Waals surface area contributed by atoms with E-state index in [4.69, 9.17) is 4.74 Å². The van der Waals surface area contributed by atoms with Crippen molar-refractivity contribution in [2.45, 2.75) is 46.0 Å². The van der Waals surface area contributed by atoms with Gasteiger partial charge in [-0.25, -0.2) is 0 Å². The number of rotatable bonds is 6. The average Bonchev–Trinajstić information content (AvgIpc) is 2.52. The Balaban J connectivity index is 1.80. The fourth-order valence-electron chi connectivity index (χ4n) is 2.96. The van der Waals surface area contributed by atoms with E-state index in [9.17, 15) is 4.79 Å². The normalized spacial score (nSPS) is 15.7. The summed E-state index contributed by atoms with van der Waals surface area (Å²) in [5, 5.41) is 0. The number of ether oxygens (including phenoxy) is 1. The molecule has 0 N–H and O–H groups in total. The highest BCUT2D eigenvalue weighted by atomic mass is 16.5. The molecule has 0 spiro atoms. The van der Waals surface area contributed by atoms with Gasteiger partial charge in [0.2, 0.25) is 0 Å². The number of hydrogen-bond donors (Lipinski definition) is 0. The molecular formula is C18H27NO2. The summed E-state index contributed by atoms with van der Waals surface area (Å²) < 4.78 is 5.60. The van der Waals surface area contributed by atoms with Crippen LogP contribution in [0.25, 0.3) is 0 Å². The predicted molar refractivity (Wildman–Crippen MR) is 85.5 cm³/mol. The van der Waals surface area contributed by atoms with Crippen molar-refractivity contribution in [1.82, 2.24) is 4.90 Å². The van der Waals surface area contributed by atoms with Crippen molar-refractivity contribution in [2.24, 2.45) is 5.92 Å². The maximum absolute atomic E-state index is 12.3. The van der Waals surface area contributed by atoms with Gasteiger partial charge in [-0.05, 0) is 44.7 Å². The fourth-order valence-corrected chi connectivity index (χ4v) is 2.96. The van der Waals surface area contributed by atoms with Crippen LogP contribution in [0.1, 0.15) is 44.6 Å². The van der Waals surface area contributed by atoms with E-state index in [0.29, 0.717) is 5.92 Å². The Labute approximate surface area is 128 Å². The molecule has 1 aliphatic carbocycles. The van der Waals surface area contributed by atoms with Gasteiger partial charge in [0.05, 0.1) is 0 Å². The third kappa shape index (κ3) is 5.07. The van der Waals surface area contributed by atoms with Crippen LogP contribution in [0.15, 0.2) is 24.3 Å². The predicted octanol–water partition coefficient (Wildman–Crippen LogP) is 3.80. The monoisotopic (exact) mass is 289 g/mol. The van der Waals surface area contributed by atoms with Crippen LogP contribution in [0.4, 0.5) is 0 Å².